The molecule has 0 atom stereocenters. The minimum Gasteiger partial charge on any atom is -0.426 e. The minimum absolute atomic E-state index is 0.0256. The van der Waals surface area contributed by atoms with Crippen molar-refractivity contribution in [1.29, 1.82) is 0 Å². The molecule has 0 amide bonds. The second kappa shape index (κ2) is 7.13. The third kappa shape index (κ3) is 4.10. The van der Waals surface area contributed by atoms with Gasteiger partial charge in [-0.1, -0.05) is 53.5 Å². The summed E-state index contributed by atoms with van der Waals surface area (Å²) in [5, 5.41) is 1.40. The Morgan fingerprint density at radius 1 is 1.04 bits per heavy atom. The van der Waals surface area contributed by atoms with E-state index in [0.717, 1.165) is 10.6 Å². The van der Waals surface area contributed by atoms with Gasteiger partial charge in [-0.15, -0.1) is 11.3 Å². The predicted octanol–water partition coefficient (Wildman–Crippen LogP) is 5.27. The molecular formula is C17H11Cl2NO2S. The van der Waals surface area contributed by atoms with Gasteiger partial charge in [-0.05, 0) is 24.3 Å². The van der Waals surface area contributed by atoms with Crippen molar-refractivity contribution in [2.45, 2.75) is 6.42 Å². The van der Waals surface area contributed by atoms with Crippen LogP contribution in [-0.4, -0.2) is 11.0 Å². The molecule has 3 rings (SSSR count). The fourth-order valence-electron chi connectivity index (χ4n) is 1.95. The van der Waals surface area contributed by atoms with Crippen LogP contribution in [0.1, 0.15) is 5.69 Å². The first-order valence-electron chi connectivity index (χ1n) is 6.78. The molecule has 0 saturated heterocycles. The molecular weight excluding hydrogens is 353 g/mol. The van der Waals surface area contributed by atoms with Crippen LogP contribution in [0, 0.1) is 0 Å². The molecule has 1 heterocycles. The number of hydrogen-bond acceptors (Lipinski definition) is 4. The van der Waals surface area contributed by atoms with Gasteiger partial charge in [-0.2, -0.15) is 0 Å². The van der Waals surface area contributed by atoms with E-state index in [-0.39, 0.29) is 6.42 Å². The van der Waals surface area contributed by atoms with E-state index in [0.29, 0.717) is 20.8 Å². The molecule has 0 saturated carbocycles. The van der Waals surface area contributed by atoms with Gasteiger partial charge in [0.05, 0.1) is 12.1 Å². The number of carbonyl (C=O) groups excluding carboxylic acids is 1. The van der Waals surface area contributed by atoms with Gasteiger partial charge in [0.1, 0.15) is 15.1 Å². The summed E-state index contributed by atoms with van der Waals surface area (Å²) < 4.78 is 5.74. The molecule has 0 aliphatic carbocycles. The first-order chi connectivity index (χ1) is 11.1. The van der Waals surface area contributed by atoms with Gasteiger partial charge in [-0.25, -0.2) is 4.98 Å². The maximum Gasteiger partial charge on any atom is 0.317 e. The zero-order valence-electron chi connectivity index (χ0n) is 11.8. The van der Waals surface area contributed by atoms with Crippen LogP contribution in [0.25, 0.3) is 10.6 Å². The molecule has 3 aromatic rings. The lowest BCUT2D eigenvalue weighted by atomic mass is 10.2. The molecule has 2 aromatic carbocycles. The summed E-state index contributed by atoms with van der Waals surface area (Å²) in [6.07, 6.45) is 0.0256. The number of ether oxygens (including phenoxy) is 1. The lowest BCUT2D eigenvalue weighted by Gasteiger charge is -2.02. The van der Waals surface area contributed by atoms with E-state index in [4.69, 9.17) is 27.9 Å². The Labute approximate surface area is 147 Å². The van der Waals surface area contributed by atoms with Crippen LogP contribution < -0.4 is 4.74 Å². The zero-order valence-corrected chi connectivity index (χ0v) is 14.2. The summed E-state index contributed by atoms with van der Waals surface area (Å²) in [5.41, 5.74) is 1.42. The Kier molecular flexibility index (Phi) is 4.96. The van der Waals surface area contributed by atoms with E-state index < -0.39 is 5.97 Å². The fraction of sp³-hybridized carbons (Fsp3) is 0.0588. The average Bonchev–Trinajstić information content (AvgIpc) is 2.90. The molecule has 0 aliphatic heterocycles. The normalized spacial score (nSPS) is 10.5. The Morgan fingerprint density at radius 3 is 2.43 bits per heavy atom. The second-order valence-electron chi connectivity index (χ2n) is 4.71. The summed E-state index contributed by atoms with van der Waals surface area (Å²) in [4.78, 5) is 16.4. The molecule has 0 aliphatic rings. The number of thiazole rings is 1. The molecule has 0 bridgehead atoms. The number of hydrogen-bond donors (Lipinski definition) is 0. The van der Waals surface area contributed by atoms with Crippen molar-refractivity contribution in [1.82, 2.24) is 4.98 Å². The topological polar surface area (TPSA) is 39.2 Å². The Balaban J connectivity index is 1.73. The highest BCUT2D eigenvalue weighted by Gasteiger charge is 2.15. The van der Waals surface area contributed by atoms with Gasteiger partial charge >= 0.3 is 5.97 Å². The van der Waals surface area contributed by atoms with Crippen molar-refractivity contribution in [3.63, 3.8) is 0 Å². The number of esters is 1. The van der Waals surface area contributed by atoms with Crippen molar-refractivity contribution >= 4 is 40.5 Å². The number of benzene rings is 2. The Morgan fingerprint density at radius 2 is 1.74 bits per heavy atom. The number of carbonyl (C=O) groups is 1. The molecule has 6 heteroatoms. The summed E-state index contributed by atoms with van der Waals surface area (Å²) in [7, 11) is 0. The summed E-state index contributed by atoms with van der Waals surface area (Å²) in [6, 6.07) is 16.2. The standard InChI is InChI=1S/C17H11Cl2NO2S/c18-12-8-6-11(7-9-12)17-20-14(16(19)23-17)10-15(21)22-13-4-2-1-3-5-13/h1-9H,10H2. The summed E-state index contributed by atoms with van der Waals surface area (Å²) in [5.74, 6) is 0.104. The van der Waals surface area contributed by atoms with Gasteiger partial charge < -0.3 is 4.74 Å². The molecule has 0 radical (unpaired) electrons. The highest BCUT2D eigenvalue weighted by Crippen LogP contribution is 2.32. The van der Waals surface area contributed by atoms with Crippen molar-refractivity contribution in [3.05, 3.63) is 69.7 Å². The number of rotatable bonds is 4. The lowest BCUT2D eigenvalue weighted by molar-refractivity contribution is -0.133. The monoisotopic (exact) mass is 363 g/mol. The highest BCUT2D eigenvalue weighted by atomic mass is 35.5. The van der Waals surface area contributed by atoms with E-state index in [1.807, 2.05) is 18.2 Å². The van der Waals surface area contributed by atoms with Gasteiger partial charge in [0.2, 0.25) is 0 Å². The smallest absolute Gasteiger partial charge is 0.317 e. The van der Waals surface area contributed by atoms with E-state index in [2.05, 4.69) is 4.98 Å². The van der Waals surface area contributed by atoms with E-state index in [1.165, 1.54) is 11.3 Å². The number of para-hydroxylation sites is 1. The number of aromatic nitrogens is 1. The summed E-state index contributed by atoms with van der Waals surface area (Å²) >= 11 is 13.4. The molecule has 0 fully saturated rings. The van der Waals surface area contributed by atoms with Crippen LogP contribution in [0.4, 0.5) is 0 Å². The SMILES string of the molecule is O=C(Cc1nc(-c2ccc(Cl)cc2)sc1Cl)Oc1ccccc1. The first-order valence-corrected chi connectivity index (χ1v) is 8.36. The largest absolute Gasteiger partial charge is 0.426 e. The molecule has 116 valence electrons. The first kappa shape index (κ1) is 16.0. The fourth-order valence-corrected chi connectivity index (χ4v) is 3.22. The zero-order chi connectivity index (χ0) is 16.2. The number of nitrogens with zero attached hydrogens (tertiary/aromatic N) is 1. The van der Waals surface area contributed by atoms with Crippen molar-refractivity contribution in [2.24, 2.45) is 0 Å². The van der Waals surface area contributed by atoms with Crippen molar-refractivity contribution in [2.75, 3.05) is 0 Å². The molecule has 0 unspecified atom stereocenters. The van der Waals surface area contributed by atoms with Gasteiger partial charge in [0, 0.05) is 10.6 Å². The third-order valence-electron chi connectivity index (χ3n) is 3.03. The summed E-state index contributed by atoms with van der Waals surface area (Å²) in [6.45, 7) is 0. The molecule has 23 heavy (non-hydrogen) atoms. The van der Waals surface area contributed by atoms with Crippen LogP contribution in [0.15, 0.2) is 54.6 Å². The molecule has 0 N–H and O–H groups in total. The number of halogens is 2. The lowest BCUT2D eigenvalue weighted by Crippen LogP contribution is -2.11. The van der Waals surface area contributed by atoms with Crippen LogP contribution in [0.2, 0.25) is 9.36 Å². The van der Waals surface area contributed by atoms with Crippen LogP contribution >= 0.6 is 34.5 Å². The minimum atomic E-state index is -0.397. The van der Waals surface area contributed by atoms with Crippen LogP contribution in [0.5, 0.6) is 5.75 Å². The van der Waals surface area contributed by atoms with Crippen LogP contribution in [0.3, 0.4) is 0 Å². The average molecular weight is 364 g/mol. The van der Waals surface area contributed by atoms with E-state index in [1.54, 1.807) is 36.4 Å². The Hall–Kier alpha value is -1.88. The van der Waals surface area contributed by atoms with Crippen LogP contribution in [-0.2, 0) is 11.2 Å². The Bertz CT molecular complexity index is 816. The van der Waals surface area contributed by atoms with E-state index >= 15 is 0 Å². The molecule has 1 aromatic heterocycles. The highest BCUT2D eigenvalue weighted by molar-refractivity contribution is 7.19. The maximum atomic E-state index is 12.0. The van der Waals surface area contributed by atoms with Crippen molar-refractivity contribution in [3.8, 4) is 16.3 Å². The maximum absolute atomic E-state index is 12.0. The van der Waals surface area contributed by atoms with Gasteiger partial charge in [0.25, 0.3) is 0 Å². The quantitative estimate of drug-likeness (QED) is 0.468. The predicted molar refractivity (Wildman–Crippen MR) is 93.4 cm³/mol. The van der Waals surface area contributed by atoms with E-state index in [9.17, 15) is 4.79 Å². The van der Waals surface area contributed by atoms with Gasteiger partial charge in [0.15, 0.2) is 0 Å². The molecule has 0 spiro atoms. The molecule has 3 nitrogen and oxygen atoms in total. The van der Waals surface area contributed by atoms with Crippen molar-refractivity contribution < 1.29 is 9.53 Å². The second-order valence-corrected chi connectivity index (χ2v) is 6.75. The van der Waals surface area contributed by atoms with Gasteiger partial charge in [-0.3, -0.25) is 4.79 Å². The third-order valence-corrected chi connectivity index (χ3v) is 4.66.